The zero-order chi connectivity index (χ0) is 13.7. The Morgan fingerprint density at radius 3 is 2.53 bits per heavy atom. The fraction of sp³-hybridized carbons (Fsp3) is 0.267. The Bertz CT molecular complexity index is 535. The van der Waals surface area contributed by atoms with Crippen molar-refractivity contribution in [2.75, 3.05) is 6.54 Å². The maximum absolute atomic E-state index is 12.2. The fourth-order valence-electron chi connectivity index (χ4n) is 2.00. The summed E-state index contributed by atoms with van der Waals surface area (Å²) in [6.45, 7) is 3.59. The molecule has 0 aliphatic heterocycles. The molecular formula is C15H18N2O2. The summed E-state index contributed by atoms with van der Waals surface area (Å²) in [7, 11) is 0. The van der Waals surface area contributed by atoms with Crippen molar-refractivity contribution in [3.8, 4) is 0 Å². The molecule has 0 spiro atoms. The first-order valence-electron chi connectivity index (χ1n) is 6.36. The van der Waals surface area contributed by atoms with Gasteiger partial charge in [0, 0.05) is 19.6 Å². The average Bonchev–Trinajstić information content (AvgIpc) is 2.98. The van der Waals surface area contributed by atoms with Crippen LogP contribution in [-0.4, -0.2) is 17.4 Å². The van der Waals surface area contributed by atoms with E-state index in [9.17, 15) is 4.79 Å². The van der Waals surface area contributed by atoms with Gasteiger partial charge in [-0.1, -0.05) is 24.3 Å². The van der Waals surface area contributed by atoms with Crippen molar-refractivity contribution in [3.63, 3.8) is 0 Å². The summed E-state index contributed by atoms with van der Waals surface area (Å²) < 4.78 is 5.16. The predicted octanol–water partition coefficient (Wildman–Crippen LogP) is 2.40. The molecule has 0 aliphatic carbocycles. The number of hydrogen-bond donors (Lipinski definition) is 1. The molecule has 2 N–H and O–H groups in total. The summed E-state index contributed by atoms with van der Waals surface area (Å²) in [5, 5.41) is 0. The molecule has 100 valence electrons. The molecule has 1 amide bonds. The second kappa shape index (κ2) is 6.20. The minimum Gasteiger partial charge on any atom is -0.459 e. The lowest BCUT2D eigenvalue weighted by Gasteiger charge is -2.21. The minimum absolute atomic E-state index is 0.0978. The van der Waals surface area contributed by atoms with E-state index in [1.807, 2.05) is 31.2 Å². The van der Waals surface area contributed by atoms with Crippen LogP contribution in [0, 0.1) is 0 Å². The van der Waals surface area contributed by atoms with Gasteiger partial charge in [0.1, 0.15) is 0 Å². The molecule has 2 rings (SSSR count). The predicted molar refractivity (Wildman–Crippen MR) is 73.5 cm³/mol. The maximum atomic E-state index is 12.2. The second-order valence-corrected chi connectivity index (χ2v) is 4.27. The maximum Gasteiger partial charge on any atom is 0.289 e. The summed E-state index contributed by atoms with van der Waals surface area (Å²) in [5.41, 5.74) is 7.86. The summed E-state index contributed by atoms with van der Waals surface area (Å²) in [5.74, 6) is 0.270. The van der Waals surface area contributed by atoms with Gasteiger partial charge in [-0.05, 0) is 30.2 Å². The fourth-order valence-corrected chi connectivity index (χ4v) is 2.00. The van der Waals surface area contributed by atoms with Crippen LogP contribution in [0.15, 0.2) is 47.1 Å². The molecule has 0 atom stereocenters. The molecule has 0 bridgehead atoms. The highest BCUT2D eigenvalue weighted by molar-refractivity contribution is 5.91. The molecule has 1 aromatic heterocycles. The molecule has 0 saturated carbocycles. The number of benzene rings is 1. The zero-order valence-corrected chi connectivity index (χ0v) is 11.0. The molecular weight excluding hydrogens is 240 g/mol. The molecule has 1 aromatic carbocycles. The first-order valence-corrected chi connectivity index (χ1v) is 6.36. The van der Waals surface area contributed by atoms with Gasteiger partial charge in [0.25, 0.3) is 5.91 Å². The van der Waals surface area contributed by atoms with Gasteiger partial charge in [0.2, 0.25) is 0 Å². The highest BCUT2D eigenvalue weighted by Gasteiger charge is 2.17. The van der Waals surface area contributed by atoms with E-state index in [1.54, 1.807) is 17.0 Å². The third-order valence-electron chi connectivity index (χ3n) is 3.10. The normalized spacial score (nSPS) is 10.4. The molecule has 0 radical (unpaired) electrons. The number of hydrogen-bond acceptors (Lipinski definition) is 3. The van der Waals surface area contributed by atoms with Crippen LogP contribution in [-0.2, 0) is 13.1 Å². The van der Waals surface area contributed by atoms with E-state index in [2.05, 4.69) is 0 Å². The second-order valence-electron chi connectivity index (χ2n) is 4.27. The van der Waals surface area contributed by atoms with E-state index in [0.29, 0.717) is 25.4 Å². The molecule has 0 unspecified atom stereocenters. The van der Waals surface area contributed by atoms with Crippen LogP contribution >= 0.6 is 0 Å². The van der Waals surface area contributed by atoms with Gasteiger partial charge >= 0.3 is 0 Å². The molecule has 4 nitrogen and oxygen atoms in total. The quantitative estimate of drug-likeness (QED) is 0.895. The standard InChI is InChI=1S/C15H18N2O2/c1-2-17(15(18)14-8-5-9-19-14)11-13-7-4-3-6-12(13)10-16/h3-9H,2,10-11,16H2,1H3. The lowest BCUT2D eigenvalue weighted by atomic mass is 10.1. The van der Waals surface area contributed by atoms with Crippen LogP contribution in [0.4, 0.5) is 0 Å². The molecule has 4 heteroatoms. The van der Waals surface area contributed by atoms with Crippen LogP contribution in [0.2, 0.25) is 0 Å². The lowest BCUT2D eigenvalue weighted by Crippen LogP contribution is -2.30. The van der Waals surface area contributed by atoms with Crippen LogP contribution in [0.3, 0.4) is 0 Å². The van der Waals surface area contributed by atoms with E-state index < -0.39 is 0 Å². The third-order valence-corrected chi connectivity index (χ3v) is 3.10. The molecule has 0 fully saturated rings. The van der Waals surface area contributed by atoms with E-state index in [1.165, 1.54) is 6.26 Å². The number of carbonyl (C=O) groups excluding carboxylic acids is 1. The summed E-state index contributed by atoms with van der Waals surface area (Å²) >= 11 is 0. The first kappa shape index (κ1) is 13.4. The number of amides is 1. The Kier molecular flexibility index (Phi) is 4.36. The van der Waals surface area contributed by atoms with Gasteiger partial charge in [-0.15, -0.1) is 0 Å². The van der Waals surface area contributed by atoms with E-state index in [0.717, 1.165) is 11.1 Å². The summed E-state index contributed by atoms with van der Waals surface area (Å²) in [4.78, 5) is 14.0. The third kappa shape index (κ3) is 3.03. The highest BCUT2D eigenvalue weighted by atomic mass is 16.3. The minimum atomic E-state index is -0.0978. The van der Waals surface area contributed by atoms with Crippen LogP contribution in [0.25, 0.3) is 0 Å². The van der Waals surface area contributed by atoms with Crippen molar-refractivity contribution in [2.24, 2.45) is 5.73 Å². The van der Waals surface area contributed by atoms with Gasteiger partial charge in [0.05, 0.1) is 6.26 Å². The Balaban J connectivity index is 2.17. The number of rotatable bonds is 5. The number of furan rings is 1. The van der Waals surface area contributed by atoms with E-state index in [4.69, 9.17) is 10.2 Å². The van der Waals surface area contributed by atoms with Crippen molar-refractivity contribution < 1.29 is 9.21 Å². The van der Waals surface area contributed by atoms with Gasteiger partial charge in [-0.25, -0.2) is 0 Å². The van der Waals surface area contributed by atoms with Crippen LogP contribution in [0.1, 0.15) is 28.6 Å². The summed E-state index contributed by atoms with van der Waals surface area (Å²) in [6.07, 6.45) is 1.51. The van der Waals surface area contributed by atoms with Crippen molar-refractivity contribution in [1.29, 1.82) is 0 Å². The average molecular weight is 258 g/mol. The van der Waals surface area contributed by atoms with Gasteiger partial charge in [-0.3, -0.25) is 4.79 Å². The van der Waals surface area contributed by atoms with Crippen molar-refractivity contribution in [3.05, 3.63) is 59.5 Å². The summed E-state index contributed by atoms with van der Waals surface area (Å²) in [6, 6.07) is 11.3. The number of nitrogens with two attached hydrogens (primary N) is 1. The zero-order valence-electron chi connectivity index (χ0n) is 11.0. The first-order chi connectivity index (χ1) is 9.26. The SMILES string of the molecule is CCN(Cc1ccccc1CN)C(=O)c1ccco1. The Hall–Kier alpha value is -2.07. The topological polar surface area (TPSA) is 59.5 Å². The van der Waals surface area contributed by atoms with Gasteiger partial charge < -0.3 is 15.1 Å². The number of carbonyl (C=O) groups is 1. The Morgan fingerprint density at radius 2 is 1.95 bits per heavy atom. The molecule has 1 heterocycles. The van der Waals surface area contributed by atoms with E-state index in [-0.39, 0.29) is 5.91 Å². The molecule has 0 saturated heterocycles. The molecule has 19 heavy (non-hydrogen) atoms. The highest BCUT2D eigenvalue weighted by Crippen LogP contribution is 2.14. The van der Waals surface area contributed by atoms with Crippen LogP contribution < -0.4 is 5.73 Å². The largest absolute Gasteiger partial charge is 0.459 e. The smallest absolute Gasteiger partial charge is 0.289 e. The Labute approximate surface area is 112 Å². The molecule has 0 aliphatic rings. The lowest BCUT2D eigenvalue weighted by molar-refractivity contribution is 0.0720. The van der Waals surface area contributed by atoms with E-state index >= 15 is 0 Å². The number of nitrogens with zero attached hydrogens (tertiary/aromatic N) is 1. The Morgan fingerprint density at radius 1 is 1.21 bits per heavy atom. The van der Waals surface area contributed by atoms with Gasteiger partial charge in [-0.2, -0.15) is 0 Å². The molecule has 2 aromatic rings. The van der Waals surface area contributed by atoms with Crippen molar-refractivity contribution in [1.82, 2.24) is 4.90 Å². The van der Waals surface area contributed by atoms with Gasteiger partial charge in [0.15, 0.2) is 5.76 Å². The van der Waals surface area contributed by atoms with Crippen LogP contribution in [0.5, 0.6) is 0 Å². The van der Waals surface area contributed by atoms with Crippen molar-refractivity contribution >= 4 is 5.91 Å². The van der Waals surface area contributed by atoms with Crippen molar-refractivity contribution in [2.45, 2.75) is 20.0 Å². The monoisotopic (exact) mass is 258 g/mol.